The summed E-state index contributed by atoms with van der Waals surface area (Å²) in [4.78, 5) is 54.3. The number of aromatic hydroxyl groups is 1. The van der Waals surface area contributed by atoms with Crippen molar-refractivity contribution in [1.82, 2.24) is 34.6 Å². The van der Waals surface area contributed by atoms with Crippen LogP contribution in [0.2, 0.25) is 5.02 Å². The topological polar surface area (TPSA) is 127 Å². The van der Waals surface area contributed by atoms with Gasteiger partial charge >= 0.3 is 11.9 Å². The Labute approximate surface area is 297 Å². The highest BCUT2D eigenvalue weighted by molar-refractivity contribution is 6.32. The minimum atomic E-state index is -4.86. The third kappa shape index (κ3) is 7.31. The van der Waals surface area contributed by atoms with Crippen LogP contribution in [0.1, 0.15) is 49.3 Å². The van der Waals surface area contributed by atoms with Gasteiger partial charge in [-0.3, -0.25) is 24.0 Å². The van der Waals surface area contributed by atoms with E-state index in [1.807, 2.05) is 24.3 Å². The van der Waals surface area contributed by atoms with Gasteiger partial charge in [-0.2, -0.15) is 13.2 Å². The Hall–Kier alpha value is -4.14. The van der Waals surface area contributed by atoms with E-state index >= 15 is 0 Å². The van der Waals surface area contributed by atoms with Crippen molar-refractivity contribution in [2.24, 2.45) is 5.92 Å². The Bertz CT molecular complexity index is 1980. The molecule has 3 saturated heterocycles. The number of pyridine rings is 1. The third-order valence-electron chi connectivity index (χ3n) is 10.8. The highest BCUT2D eigenvalue weighted by Gasteiger charge is 2.37. The van der Waals surface area contributed by atoms with Crippen molar-refractivity contribution in [2.45, 2.75) is 56.8 Å². The van der Waals surface area contributed by atoms with E-state index in [1.165, 1.54) is 6.07 Å². The standard InChI is InChI=1S/C36H41ClF3N7O4/c37-28-19-22(18-27(33(28)49)36(38,39)40)17-23(34(50)46-15-13-44(14-16-46)24-5-9-41-10-6-24)20-31(48)45-11-7-25(8-12-45)47-30-21-42-29-4-2-1-3-26(29)32(30)43-35(47)51/h1-4,18-19,21,23-25,41,49H,5-17,20H2,(H,43,51)/t23-/m0/s1. The summed E-state index contributed by atoms with van der Waals surface area (Å²) in [6.07, 6.45) is -0.428. The highest BCUT2D eigenvalue weighted by Crippen LogP contribution is 2.41. The molecule has 0 aliphatic carbocycles. The van der Waals surface area contributed by atoms with Crippen LogP contribution in [0.5, 0.6) is 5.75 Å². The Morgan fingerprint density at radius 2 is 1.67 bits per heavy atom. The minimum Gasteiger partial charge on any atom is -0.506 e. The summed E-state index contributed by atoms with van der Waals surface area (Å²) < 4.78 is 43.0. The molecule has 1 atom stereocenters. The van der Waals surface area contributed by atoms with E-state index < -0.39 is 28.4 Å². The number of hydrogen-bond donors (Lipinski definition) is 3. The van der Waals surface area contributed by atoms with Gasteiger partial charge in [-0.1, -0.05) is 29.8 Å². The van der Waals surface area contributed by atoms with E-state index in [0.717, 1.165) is 42.9 Å². The number of phenols is 1. The van der Waals surface area contributed by atoms with Crippen LogP contribution in [0.4, 0.5) is 13.2 Å². The third-order valence-corrected chi connectivity index (χ3v) is 11.1. The maximum atomic E-state index is 14.1. The van der Waals surface area contributed by atoms with Gasteiger partial charge in [-0.05, 0) is 69.0 Å². The molecule has 0 saturated carbocycles. The number of carbonyl (C=O) groups is 2. The first kappa shape index (κ1) is 35.3. The van der Waals surface area contributed by atoms with Gasteiger partial charge in [0.25, 0.3) is 0 Å². The Morgan fingerprint density at radius 3 is 2.37 bits per heavy atom. The van der Waals surface area contributed by atoms with Crippen molar-refractivity contribution in [3.05, 3.63) is 69.2 Å². The molecule has 5 heterocycles. The average Bonchev–Trinajstić information content (AvgIpc) is 3.48. The van der Waals surface area contributed by atoms with Crippen molar-refractivity contribution in [3.63, 3.8) is 0 Å². The second kappa shape index (κ2) is 14.5. The molecule has 51 heavy (non-hydrogen) atoms. The molecule has 11 nitrogen and oxygen atoms in total. The lowest BCUT2D eigenvalue weighted by Crippen LogP contribution is -2.55. The Morgan fingerprint density at radius 1 is 0.961 bits per heavy atom. The second-order valence-electron chi connectivity index (χ2n) is 13.9. The SMILES string of the molecule is O=C(C[C@H](Cc1cc(Cl)c(O)c(C(F)(F)F)c1)C(=O)N1CCN(C2CCNCC2)CC1)N1CCC(n2c(=O)[nH]c3c4ccccc4ncc32)CC1. The number of halogens is 4. The first-order chi connectivity index (χ1) is 24.5. The number of rotatable bonds is 7. The summed E-state index contributed by atoms with van der Waals surface area (Å²) in [6.45, 7) is 4.91. The van der Waals surface area contributed by atoms with E-state index in [4.69, 9.17) is 11.6 Å². The number of phenolic OH excluding ortho intramolecular Hbond substituents is 1. The van der Waals surface area contributed by atoms with Gasteiger partial charge in [0.15, 0.2) is 0 Å². The van der Waals surface area contributed by atoms with Gasteiger partial charge < -0.3 is 25.2 Å². The molecule has 2 amide bonds. The van der Waals surface area contributed by atoms with E-state index in [1.54, 1.807) is 20.6 Å². The minimum absolute atomic E-state index is 0.114. The number of carbonyl (C=O) groups excluding carboxylic acids is 2. The number of H-pyrrole nitrogens is 1. The molecule has 3 fully saturated rings. The van der Waals surface area contributed by atoms with Crippen molar-refractivity contribution >= 4 is 45.4 Å². The molecule has 0 unspecified atom stereocenters. The second-order valence-corrected chi connectivity index (χ2v) is 14.3. The largest absolute Gasteiger partial charge is 0.506 e. The molecule has 0 spiro atoms. The molecular formula is C36H41ClF3N7O4. The quantitative estimate of drug-likeness (QED) is 0.255. The number of alkyl halides is 3. The number of likely N-dealkylation sites (tertiary alicyclic amines) is 1. The molecule has 3 aliphatic heterocycles. The molecule has 272 valence electrons. The van der Waals surface area contributed by atoms with E-state index in [0.29, 0.717) is 69.2 Å². The van der Waals surface area contributed by atoms with Crippen molar-refractivity contribution in [2.75, 3.05) is 52.4 Å². The molecule has 4 aromatic rings. The van der Waals surface area contributed by atoms with Gasteiger partial charge in [0.2, 0.25) is 11.8 Å². The molecule has 0 bridgehead atoms. The number of nitrogens with one attached hydrogen (secondary N) is 2. The zero-order chi connectivity index (χ0) is 35.9. The molecule has 3 N–H and O–H groups in total. The van der Waals surface area contributed by atoms with Gasteiger partial charge in [0, 0.05) is 63.2 Å². The van der Waals surface area contributed by atoms with Gasteiger partial charge in [0.05, 0.1) is 39.3 Å². The number of fused-ring (bicyclic) bond motifs is 3. The predicted octanol–water partition coefficient (Wildman–Crippen LogP) is 4.56. The van der Waals surface area contributed by atoms with Crippen molar-refractivity contribution in [1.29, 1.82) is 0 Å². The fraction of sp³-hybridized carbons (Fsp3) is 0.500. The zero-order valence-corrected chi connectivity index (χ0v) is 28.8. The fourth-order valence-electron chi connectivity index (χ4n) is 8.06. The smallest absolute Gasteiger partial charge is 0.420 e. The summed E-state index contributed by atoms with van der Waals surface area (Å²) >= 11 is 6.03. The predicted molar refractivity (Wildman–Crippen MR) is 187 cm³/mol. The number of piperazine rings is 1. The number of piperidine rings is 2. The van der Waals surface area contributed by atoms with Crippen LogP contribution in [-0.2, 0) is 22.2 Å². The monoisotopic (exact) mass is 727 g/mol. The van der Waals surface area contributed by atoms with Gasteiger partial charge in [-0.15, -0.1) is 0 Å². The maximum absolute atomic E-state index is 14.1. The zero-order valence-electron chi connectivity index (χ0n) is 28.1. The van der Waals surface area contributed by atoms with E-state index in [2.05, 4.69) is 20.2 Å². The fourth-order valence-corrected chi connectivity index (χ4v) is 8.30. The van der Waals surface area contributed by atoms with Crippen LogP contribution in [0.25, 0.3) is 21.9 Å². The van der Waals surface area contributed by atoms with Crippen LogP contribution in [-0.4, -0.2) is 105 Å². The molecule has 7 rings (SSSR count). The van der Waals surface area contributed by atoms with Crippen LogP contribution in [0.15, 0.2) is 47.4 Å². The first-order valence-electron chi connectivity index (χ1n) is 17.6. The lowest BCUT2D eigenvalue weighted by molar-refractivity contribution is -0.143. The lowest BCUT2D eigenvalue weighted by atomic mass is 9.92. The number of aromatic amines is 1. The molecule has 3 aliphatic rings. The molecule has 15 heteroatoms. The van der Waals surface area contributed by atoms with Crippen molar-refractivity contribution in [3.8, 4) is 5.75 Å². The molecule has 0 radical (unpaired) electrons. The Balaban J connectivity index is 1.07. The summed E-state index contributed by atoms with van der Waals surface area (Å²) in [6, 6.07) is 9.88. The summed E-state index contributed by atoms with van der Waals surface area (Å²) in [5.41, 5.74) is 0.768. The number of benzene rings is 2. The van der Waals surface area contributed by atoms with Crippen LogP contribution in [0, 0.1) is 5.92 Å². The maximum Gasteiger partial charge on any atom is 0.420 e. The van der Waals surface area contributed by atoms with Crippen LogP contribution in [0.3, 0.4) is 0 Å². The molecular weight excluding hydrogens is 687 g/mol. The van der Waals surface area contributed by atoms with Crippen LogP contribution >= 0.6 is 11.6 Å². The average molecular weight is 728 g/mol. The Kier molecular flexibility index (Phi) is 10.0. The number of amides is 2. The summed E-state index contributed by atoms with van der Waals surface area (Å²) in [5.74, 6) is -2.56. The first-order valence-corrected chi connectivity index (χ1v) is 17.9. The van der Waals surface area contributed by atoms with Crippen LogP contribution < -0.4 is 11.0 Å². The van der Waals surface area contributed by atoms with Gasteiger partial charge in [-0.25, -0.2) is 4.79 Å². The van der Waals surface area contributed by atoms with Gasteiger partial charge in [0.1, 0.15) is 5.75 Å². The lowest BCUT2D eigenvalue weighted by Gasteiger charge is -2.41. The number of aromatic nitrogens is 3. The molecule has 2 aromatic heterocycles. The highest BCUT2D eigenvalue weighted by atomic mass is 35.5. The normalized spacial score (nSPS) is 19.2. The number of nitrogens with zero attached hydrogens (tertiary/aromatic N) is 5. The summed E-state index contributed by atoms with van der Waals surface area (Å²) in [5, 5.41) is 13.8. The number of para-hydroxylation sites is 1. The number of hydrogen-bond acceptors (Lipinski definition) is 7. The molecule has 2 aromatic carbocycles. The number of imidazole rings is 1. The van der Waals surface area contributed by atoms with E-state index in [-0.39, 0.29) is 42.0 Å². The van der Waals surface area contributed by atoms with E-state index in [9.17, 15) is 32.7 Å². The summed E-state index contributed by atoms with van der Waals surface area (Å²) in [7, 11) is 0. The van der Waals surface area contributed by atoms with Crippen molar-refractivity contribution < 1.29 is 27.9 Å².